The molecule has 0 bridgehead atoms. The number of carbonyl (C=O) groups excluding carboxylic acids is 1. The Bertz CT molecular complexity index is 711. The van der Waals surface area contributed by atoms with Crippen LogP contribution < -0.4 is 4.90 Å². The fourth-order valence-corrected chi connectivity index (χ4v) is 3.42. The third-order valence-electron chi connectivity index (χ3n) is 4.51. The van der Waals surface area contributed by atoms with Crippen molar-refractivity contribution in [2.75, 3.05) is 37.7 Å². The predicted octanol–water partition coefficient (Wildman–Crippen LogP) is 0.878. The zero-order chi connectivity index (χ0) is 16.6. The smallest absolute Gasteiger partial charge is 0.318 e. The van der Waals surface area contributed by atoms with Crippen LogP contribution in [-0.2, 0) is 4.74 Å². The van der Waals surface area contributed by atoms with Gasteiger partial charge in [-0.15, -0.1) is 5.10 Å². The largest absolute Gasteiger partial charge is 0.408 e. The first-order valence-corrected chi connectivity index (χ1v) is 8.04. The van der Waals surface area contributed by atoms with Crippen molar-refractivity contribution >= 4 is 11.9 Å². The second-order valence-corrected chi connectivity index (χ2v) is 6.26. The van der Waals surface area contributed by atoms with Gasteiger partial charge in [0.05, 0.1) is 25.9 Å². The standard InChI is InChI=1S/C15H19N5O4/c1-11-17-18-14(23-11)20-6-2-4-15(10-20)9-19(7-8-22-15)13(21)12-3-5-16-24-12/h3,5H,2,4,6-10H2,1H3/t15-/m1/s1. The van der Waals surface area contributed by atoms with Crippen LogP contribution in [0.5, 0.6) is 0 Å². The predicted molar refractivity (Wildman–Crippen MR) is 81.6 cm³/mol. The Labute approximate surface area is 138 Å². The number of aryl methyl sites for hydroxylation is 1. The van der Waals surface area contributed by atoms with E-state index >= 15 is 0 Å². The van der Waals surface area contributed by atoms with Crippen LogP contribution in [0.1, 0.15) is 29.3 Å². The molecule has 0 aromatic carbocycles. The highest BCUT2D eigenvalue weighted by atomic mass is 16.5. The number of nitrogens with zero attached hydrogens (tertiary/aromatic N) is 5. The third-order valence-corrected chi connectivity index (χ3v) is 4.51. The van der Waals surface area contributed by atoms with E-state index in [2.05, 4.69) is 15.4 Å². The Kier molecular flexibility index (Phi) is 3.72. The van der Waals surface area contributed by atoms with Crippen molar-refractivity contribution < 1.29 is 18.5 Å². The number of ether oxygens (including phenoxy) is 1. The van der Waals surface area contributed by atoms with Crippen LogP contribution in [0.15, 0.2) is 21.2 Å². The molecule has 2 aliphatic heterocycles. The molecule has 1 atom stereocenters. The van der Waals surface area contributed by atoms with Crippen molar-refractivity contribution in [2.45, 2.75) is 25.4 Å². The maximum Gasteiger partial charge on any atom is 0.318 e. The lowest BCUT2D eigenvalue weighted by atomic mass is 9.91. The first-order chi connectivity index (χ1) is 11.7. The van der Waals surface area contributed by atoms with Gasteiger partial charge in [0.25, 0.3) is 5.91 Å². The molecule has 0 aliphatic carbocycles. The first-order valence-electron chi connectivity index (χ1n) is 8.04. The van der Waals surface area contributed by atoms with Gasteiger partial charge < -0.3 is 23.5 Å². The molecule has 4 rings (SSSR count). The zero-order valence-electron chi connectivity index (χ0n) is 13.5. The van der Waals surface area contributed by atoms with Gasteiger partial charge in [-0.25, -0.2) is 0 Å². The molecule has 24 heavy (non-hydrogen) atoms. The Morgan fingerprint density at radius 1 is 1.29 bits per heavy atom. The molecular formula is C15H19N5O4. The van der Waals surface area contributed by atoms with Crippen molar-refractivity contribution in [1.29, 1.82) is 0 Å². The highest BCUT2D eigenvalue weighted by molar-refractivity contribution is 5.91. The van der Waals surface area contributed by atoms with Crippen molar-refractivity contribution in [3.63, 3.8) is 0 Å². The van der Waals surface area contributed by atoms with E-state index in [1.807, 2.05) is 4.90 Å². The maximum atomic E-state index is 12.5. The van der Waals surface area contributed by atoms with E-state index in [1.165, 1.54) is 6.20 Å². The topological polar surface area (TPSA) is 97.7 Å². The molecule has 0 saturated carbocycles. The number of anilines is 1. The van der Waals surface area contributed by atoms with Crippen molar-refractivity contribution in [1.82, 2.24) is 20.3 Å². The van der Waals surface area contributed by atoms with Gasteiger partial charge in [-0.3, -0.25) is 4.79 Å². The third kappa shape index (κ3) is 2.75. The van der Waals surface area contributed by atoms with Crippen LogP contribution in [0.3, 0.4) is 0 Å². The molecule has 4 heterocycles. The summed E-state index contributed by atoms with van der Waals surface area (Å²) in [6.45, 7) is 4.77. The Morgan fingerprint density at radius 2 is 2.21 bits per heavy atom. The summed E-state index contributed by atoms with van der Waals surface area (Å²) in [5.41, 5.74) is -0.422. The Morgan fingerprint density at radius 3 is 2.96 bits per heavy atom. The molecule has 2 saturated heterocycles. The second-order valence-electron chi connectivity index (χ2n) is 6.26. The molecule has 0 unspecified atom stereocenters. The average Bonchev–Trinajstić information content (AvgIpc) is 3.26. The first kappa shape index (κ1) is 15.1. The summed E-state index contributed by atoms with van der Waals surface area (Å²) in [5, 5.41) is 11.6. The molecule has 2 fully saturated rings. The van der Waals surface area contributed by atoms with Gasteiger partial charge in [-0.1, -0.05) is 10.3 Å². The van der Waals surface area contributed by atoms with Gasteiger partial charge in [0.15, 0.2) is 0 Å². The summed E-state index contributed by atoms with van der Waals surface area (Å²) in [6, 6.07) is 2.09. The molecule has 1 spiro atoms. The molecule has 9 nitrogen and oxygen atoms in total. The Balaban J connectivity index is 1.50. The number of carbonyl (C=O) groups is 1. The molecule has 128 valence electrons. The molecular weight excluding hydrogens is 314 g/mol. The number of aromatic nitrogens is 3. The van der Waals surface area contributed by atoms with E-state index in [9.17, 15) is 4.79 Å². The minimum absolute atomic E-state index is 0.152. The summed E-state index contributed by atoms with van der Waals surface area (Å²) in [7, 11) is 0. The van der Waals surface area contributed by atoms with Crippen LogP contribution in [0.4, 0.5) is 6.01 Å². The number of amides is 1. The number of rotatable bonds is 2. The lowest BCUT2D eigenvalue weighted by molar-refractivity contribution is -0.105. The zero-order valence-corrected chi connectivity index (χ0v) is 13.5. The van der Waals surface area contributed by atoms with E-state index in [4.69, 9.17) is 13.7 Å². The molecule has 2 aliphatic rings. The lowest BCUT2D eigenvalue weighted by Crippen LogP contribution is -2.60. The van der Waals surface area contributed by atoms with Crippen LogP contribution in [0.25, 0.3) is 0 Å². The lowest BCUT2D eigenvalue weighted by Gasteiger charge is -2.47. The molecule has 1 amide bonds. The van der Waals surface area contributed by atoms with Gasteiger partial charge in [-0.05, 0) is 12.8 Å². The molecule has 9 heteroatoms. The Hall–Kier alpha value is -2.42. The monoisotopic (exact) mass is 333 g/mol. The molecule has 0 N–H and O–H groups in total. The van der Waals surface area contributed by atoms with Crippen LogP contribution in [-0.4, -0.2) is 64.5 Å². The number of piperidine rings is 1. The van der Waals surface area contributed by atoms with Gasteiger partial charge in [0, 0.05) is 26.1 Å². The summed E-state index contributed by atoms with van der Waals surface area (Å²) >= 11 is 0. The maximum absolute atomic E-state index is 12.5. The van der Waals surface area contributed by atoms with Crippen molar-refractivity contribution in [2.24, 2.45) is 0 Å². The van der Waals surface area contributed by atoms with E-state index in [0.717, 1.165) is 19.4 Å². The van der Waals surface area contributed by atoms with Crippen LogP contribution in [0.2, 0.25) is 0 Å². The fourth-order valence-electron chi connectivity index (χ4n) is 3.42. The van der Waals surface area contributed by atoms with E-state index in [1.54, 1.807) is 17.9 Å². The number of hydrogen-bond acceptors (Lipinski definition) is 8. The number of morpholine rings is 1. The van der Waals surface area contributed by atoms with E-state index in [-0.39, 0.29) is 11.7 Å². The van der Waals surface area contributed by atoms with Gasteiger partial charge >= 0.3 is 6.01 Å². The van der Waals surface area contributed by atoms with Gasteiger partial charge in [0.1, 0.15) is 5.60 Å². The fraction of sp³-hybridized carbons (Fsp3) is 0.600. The summed E-state index contributed by atoms with van der Waals surface area (Å²) < 4.78 is 16.6. The van der Waals surface area contributed by atoms with E-state index < -0.39 is 5.60 Å². The van der Waals surface area contributed by atoms with Crippen molar-refractivity contribution in [3.8, 4) is 0 Å². The summed E-state index contributed by atoms with van der Waals surface area (Å²) in [6.07, 6.45) is 3.30. The second kappa shape index (κ2) is 5.90. The van der Waals surface area contributed by atoms with Crippen LogP contribution >= 0.6 is 0 Å². The van der Waals surface area contributed by atoms with Crippen molar-refractivity contribution in [3.05, 3.63) is 23.9 Å². The average molecular weight is 333 g/mol. The highest BCUT2D eigenvalue weighted by Crippen LogP contribution is 2.31. The normalized spacial score (nSPS) is 24.5. The van der Waals surface area contributed by atoms with E-state index in [0.29, 0.717) is 38.1 Å². The van der Waals surface area contributed by atoms with Gasteiger partial charge in [-0.2, -0.15) is 0 Å². The molecule has 0 radical (unpaired) electrons. The van der Waals surface area contributed by atoms with Gasteiger partial charge in [0.2, 0.25) is 11.7 Å². The van der Waals surface area contributed by atoms with Crippen LogP contribution in [0, 0.1) is 6.92 Å². The summed E-state index contributed by atoms with van der Waals surface area (Å²) in [4.78, 5) is 16.3. The summed E-state index contributed by atoms with van der Waals surface area (Å²) in [5.74, 6) is 0.643. The number of hydrogen-bond donors (Lipinski definition) is 0. The molecule has 2 aromatic rings. The minimum Gasteiger partial charge on any atom is -0.408 e. The highest BCUT2D eigenvalue weighted by Gasteiger charge is 2.43. The molecule has 2 aromatic heterocycles. The SMILES string of the molecule is Cc1nnc(N2CCC[C@@]3(CN(C(=O)c4ccno4)CCO3)C2)o1. The minimum atomic E-state index is -0.422. The quantitative estimate of drug-likeness (QED) is 0.799.